The van der Waals surface area contributed by atoms with Gasteiger partial charge >= 0.3 is 6.01 Å². The number of ether oxygens (including phenoxy) is 4. The molecule has 2 aromatic heterocycles. The number of hydrogen-bond acceptors (Lipinski definition) is 11. The van der Waals surface area contributed by atoms with Crippen LogP contribution in [0.15, 0.2) is 30.8 Å². The van der Waals surface area contributed by atoms with Crippen LogP contribution in [0.25, 0.3) is 39.0 Å². The van der Waals surface area contributed by atoms with E-state index in [9.17, 15) is 10.2 Å². The molecule has 276 valence electrons. The van der Waals surface area contributed by atoms with Gasteiger partial charge in [0.25, 0.3) is 0 Å². The molecule has 0 amide bonds. The number of rotatable bonds is 8. The standard InChI is InChI=1S/C39H45F2N5O6/c1-4-26-28(40)9-8-23-17-25(47)18-27(30(23)26)33-32(41)34-31(36(42-33)49-3)35(45-14-16-51-21-38(2,48)20-45)44-37(43-34)52-22-39-11-5-7-29(39)46(13-6-12-39)24-10-15-50-19-24/h4,8-9,17-18,24,29,47-48H,1,5-7,10-16,19-22H2,2-3H3. The highest BCUT2D eigenvalue weighted by molar-refractivity contribution is 6.05. The number of aromatic hydroxyl groups is 1. The van der Waals surface area contributed by atoms with Crippen LogP contribution in [0.4, 0.5) is 14.6 Å². The zero-order valence-electron chi connectivity index (χ0n) is 29.7. The second-order valence-corrected chi connectivity index (χ2v) is 15.0. The Morgan fingerprint density at radius 1 is 1.06 bits per heavy atom. The topological polar surface area (TPSA) is 123 Å². The number of phenols is 1. The Morgan fingerprint density at radius 3 is 2.69 bits per heavy atom. The van der Waals surface area contributed by atoms with E-state index in [0.717, 1.165) is 58.3 Å². The molecule has 0 radical (unpaired) electrons. The molecule has 13 heteroatoms. The minimum Gasteiger partial charge on any atom is -0.508 e. The minimum absolute atomic E-state index is 0.00893. The summed E-state index contributed by atoms with van der Waals surface area (Å²) >= 11 is 0. The molecule has 1 aliphatic carbocycles. The molecule has 4 unspecified atom stereocenters. The van der Waals surface area contributed by atoms with Crippen molar-refractivity contribution in [3.8, 4) is 28.9 Å². The van der Waals surface area contributed by atoms with Crippen LogP contribution >= 0.6 is 0 Å². The molecule has 4 atom stereocenters. The van der Waals surface area contributed by atoms with E-state index in [2.05, 4.69) is 16.5 Å². The summed E-state index contributed by atoms with van der Waals surface area (Å²) in [5, 5.41) is 22.9. The number of hydrogen-bond donors (Lipinski definition) is 2. The van der Waals surface area contributed by atoms with Crippen molar-refractivity contribution in [2.24, 2.45) is 5.41 Å². The zero-order valence-corrected chi connectivity index (χ0v) is 29.7. The number of nitrogens with zero attached hydrogens (tertiary/aromatic N) is 5. The van der Waals surface area contributed by atoms with Crippen LogP contribution in [0.1, 0.15) is 51.0 Å². The molecule has 0 bridgehead atoms. The van der Waals surface area contributed by atoms with E-state index < -0.39 is 17.2 Å². The SMILES string of the molecule is C=Cc1c(F)ccc2cc(O)cc(-c3nc(OC)c4c(N5CCOCC(C)(O)C5)nc(OCC56CCCC5N(C5CCOC5)CCC6)nc4c3F)c12. The number of aliphatic hydroxyl groups is 1. The van der Waals surface area contributed by atoms with E-state index in [0.29, 0.717) is 42.6 Å². The second-order valence-electron chi connectivity index (χ2n) is 15.0. The van der Waals surface area contributed by atoms with Gasteiger partial charge in [-0.25, -0.2) is 13.8 Å². The number of anilines is 1. The van der Waals surface area contributed by atoms with Crippen LogP contribution in [0.3, 0.4) is 0 Å². The van der Waals surface area contributed by atoms with Gasteiger partial charge in [0.15, 0.2) is 5.82 Å². The summed E-state index contributed by atoms with van der Waals surface area (Å²) in [5.41, 5.74) is -1.37. The highest BCUT2D eigenvalue weighted by Gasteiger charge is 2.50. The predicted molar refractivity (Wildman–Crippen MR) is 193 cm³/mol. The third-order valence-corrected chi connectivity index (χ3v) is 11.4. The van der Waals surface area contributed by atoms with Gasteiger partial charge in [0, 0.05) is 47.2 Å². The number of β-amino-alcohol motifs (C(OH)–C–C–N with tert-alkyl or cyclic N) is 1. The fraction of sp³-hybridized carbons (Fsp3) is 0.513. The molecule has 3 saturated heterocycles. The van der Waals surface area contributed by atoms with Gasteiger partial charge in [0.05, 0.1) is 40.1 Å². The number of likely N-dealkylation sites (tertiary alicyclic amines) is 1. The maximum atomic E-state index is 17.3. The van der Waals surface area contributed by atoms with E-state index in [-0.39, 0.29) is 69.7 Å². The Bertz CT molecular complexity index is 2020. The van der Waals surface area contributed by atoms with Crippen LogP contribution in [-0.2, 0) is 9.47 Å². The molecule has 1 saturated carbocycles. The molecule has 3 aliphatic heterocycles. The number of aromatic nitrogens is 3. The molecule has 52 heavy (non-hydrogen) atoms. The van der Waals surface area contributed by atoms with Gasteiger partial charge in [-0.2, -0.15) is 9.97 Å². The molecule has 8 rings (SSSR count). The first-order valence-corrected chi connectivity index (χ1v) is 18.2. The first kappa shape index (κ1) is 34.9. The zero-order chi connectivity index (χ0) is 36.2. The summed E-state index contributed by atoms with van der Waals surface area (Å²) in [7, 11) is 1.42. The van der Waals surface area contributed by atoms with Crippen molar-refractivity contribution in [1.82, 2.24) is 19.9 Å². The summed E-state index contributed by atoms with van der Waals surface area (Å²) < 4.78 is 56.2. The summed E-state index contributed by atoms with van der Waals surface area (Å²) in [6, 6.07) is 6.35. The summed E-state index contributed by atoms with van der Waals surface area (Å²) in [6.45, 7) is 9.29. The number of fused-ring (bicyclic) bond motifs is 3. The molecular formula is C39H45F2N5O6. The van der Waals surface area contributed by atoms with E-state index in [1.807, 2.05) is 4.90 Å². The van der Waals surface area contributed by atoms with E-state index in [1.54, 1.807) is 6.92 Å². The first-order valence-electron chi connectivity index (χ1n) is 18.2. The lowest BCUT2D eigenvalue weighted by Gasteiger charge is -2.48. The van der Waals surface area contributed by atoms with Gasteiger partial charge in [-0.3, -0.25) is 4.90 Å². The number of pyridine rings is 1. The smallest absolute Gasteiger partial charge is 0.319 e. The van der Waals surface area contributed by atoms with Gasteiger partial charge in [0.1, 0.15) is 39.6 Å². The van der Waals surface area contributed by atoms with Gasteiger partial charge in [0.2, 0.25) is 5.88 Å². The number of benzene rings is 2. The van der Waals surface area contributed by atoms with Crippen molar-refractivity contribution in [3.63, 3.8) is 0 Å². The van der Waals surface area contributed by atoms with Crippen LogP contribution in [0.5, 0.6) is 17.6 Å². The molecule has 11 nitrogen and oxygen atoms in total. The molecular weight excluding hydrogens is 672 g/mol. The summed E-state index contributed by atoms with van der Waals surface area (Å²) in [5.74, 6) is -1.23. The van der Waals surface area contributed by atoms with Crippen LogP contribution in [0.2, 0.25) is 0 Å². The Kier molecular flexibility index (Phi) is 9.17. The van der Waals surface area contributed by atoms with Crippen LogP contribution in [-0.4, -0.2) is 108 Å². The van der Waals surface area contributed by atoms with Crippen molar-refractivity contribution in [2.75, 3.05) is 64.7 Å². The minimum atomic E-state index is -1.23. The van der Waals surface area contributed by atoms with E-state index in [1.165, 1.54) is 37.5 Å². The van der Waals surface area contributed by atoms with Crippen molar-refractivity contribution >= 4 is 33.6 Å². The Balaban J connectivity index is 1.28. The average molecular weight is 718 g/mol. The largest absolute Gasteiger partial charge is 0.508 e. The number of methoxy groups -OCH3 is 1. The molecule has 2 aromatic carbocycles. The summed E-state index contributed by atoms with van der Waals surface area (Å²) in [4.78, 5) is 18.6. The second kappa shape index (κ2) is 13.7. The lowest BCUT2D eigenvalue weighted by Crippen LogP contribution is -2.55. The van der Waals surface area contributed by atoms with Crippen LogP contribution in [0, 0.1) is 17.0 Å². The van der Waals surface area contributed by atoms with Crippen molar-refractivity contribution in [3.05, 3.63) is 48.0 Å². The molecule has 4 aliphatic rings. The van der Waals surface area contributed by atoms with E-state index >= 15 is 8.78 Å². The van der Waals surface area contributed by atoms with Crippen molar-refractivity contribution in [1.29, 1.82) is 0 Å². The Morgan fingerprint density at radius 2 is 1.90 bits per heavy atom. The van der Waals surface area contributed by atoms with Crippen molar-refractivity contribution in [2.45, 2.75) is 63.1 Å². The molecule has 4 aromatic rings. The fourth-order valence-electron chi connectivity index (χ4n) is 9.11. The van der Waals surface area contributed by atoms with E-state index in [4.69, 9.17) is 28.9 Å². The quantitative estimate of drug-likeness (QED) is 0.228. The van der Waals surface area contributed by atoms with Crippen LogP contribution < -0.4 is 14.4 Å². The lowest BCUT2D eigenvalue weighted by molar-refractivity contribution is -0.0241. The third kappa shape index (κ3) is 6.10. The lowest BCUT2D eigenvalue weighted by atomic mass is 9.75. The van der Waals surface area contributed by atoms with Crippen molar-refractivity contribution < 1.29 is 37.9 Å². The molecule has 4 fully saturated rings. The fourth-order valence-corrected chi connectivity index (χ4v) is 9.11. The number of halogens is 2. The Labute approximate surface area is 301 Å². The molecule has 5 heterocycles. The van der Waals surface area contributed by atoms with Gasteiger partial charge < -0.3 is 34.1 Å². The normalized spacial score (nSPS) is 26.8. The molecule has 0 spiro atoms. The van der Waals surface area contributed by atoms with Gasteiger partial charge in [-0.1, -0.05) is 25.1 Å². The highest BCUT2D eigenvalue weighted by atomic mass is 19.1. The number of phenolic OH excluding ortho intramolecular Hbond substituents is 1. The monoisotopic (exact) mass is 717 g/mol. The van der Waals surface area contributed by atoms with Gasteiger partial charge in [-0.15, -0.1) is 0 Å². The summed E-state index contributed by atoms with van der Waals surface area (Å²) in [6.07, 6.45) is 7.63. The third-order valence-electron chi connectivity index (χ3n) is 11.4. The Hall–Kier alpha value is -4.17. The maximum Gasteiger partial charge on any atom is 0.319 e. The first-order chi connectivity index (χ1) is 25.1. The maximum absolute atomic E-state index is 17.3. The average Bonchev–Trinajstić information content (AvgIpc) is 3.79. The number of piperidine rings is 1. The predicted octanol–water partition coefficient (Wildman–Crippen LogP) is 5.87. The molecule has 2 N–H and O–H groups in total. The highest BCUT2D eigenvalue weighted by Crippen LogP contribution is 2.49. The van der Waals surface area contributed by atoms with Gasteiger partial charge in [-0.05, 0) is 69.2 Å².